The number of nitrogen functional groups attached to an aromatic ring is 1. The van der Waals surface area contributed by atoms with Crippen molar-refractivity contribution in [1.82, 2.24) is 4.98 Å². The Morgan fingerprint density at radius 3 is 2.33 bits per heavy atom. The van der Waals surface area contributed by atoms with E-state index in [0.29, 0.717) is 0 Å². The molecule has 2 rings (SSSR count). The molecule has 0 unspecified atom stereocenters. The number of carbonyl (C=O) groups excluding carboxylic acids is 1. The van der Waals surface area contributed by atoms with Gasteiger partial charge in [0.1, 0.15) is 5.75 Å². The molecule has 0 bridgehead atoms. The first-order chi connectivity index (χ1) is 9.77. The molecular weight excluding hydrogens is 287 g/mol. The molecule has 0 radical (unpaired) electrons. The third kappa shape index (κ3) is 3.41. The zero-order chi connectivity index (χ0) is 15.6. The minimum atomic E-state index is -4.42. The van der Waals surface area contributed by atoms with Crippen LogP contribution in [0, 0.1) is 0 Å². The lowest BCUT2D eigenvalue weighted by molar-refractivity contribution is -0.137. The molecule has 0 saturated heterocycles. The fraction of sp³-hybridized carbons (Fsp3) is 0.0769. The monoisotopic (exact) mass is 297 g/mol. The zero-order valence-corrected chi connectivity index (χ0v) is 10.5. The molecule has 0 atom stereocenters. The molecule has 5 nitrogen and oxygen atoms in total. The van der Waals surface area contributed by atoms with E-state index in [1.807, 2.05) is 0 Å². The first-order valence-electron chi connectivity index (χ1n) is 5.68. The summed E-state index contributed by atoms with van der Waals surface area (Å²) in [5.74, 6) is -0.624. The van der Waals surface area contributed by atoms with Crippen LogP contribution in [0.25, 0.3) is 0 Å². The molecular formula is C13H10F3N3O2. The maximum Gasteiger partial charge on any atom is 0.416 e. The number of pyridine rings is 1. The van der Waals surface area contributed by atoms with Gasteiger partial charge in [0.25, 0.3) is 5.91 Å². The topological polar surface area (TPSA) is 91.2 Å². The van der Waals surface area contributed by atoms with Crippen molar-refractivity contribution in [1.29, 1.82) is 0 Å². The molecule has 1 aromatic carbocycles. The lowest BCUT2D eigenvalue weighted by Gasteiger charge is -2.09. The van der Waals surface area contributed by atoms with Gasteiger partial charge in [-0.2, -0.15) is 13.2 Å². The largest absolute Gasteiger partial charge is 0.439 e. The van der Waals surface area contributed by atoms with Crippen molar-refractivity contribution >= 4 is 11.6 Å². The highest BCUT2D eigenvalue weighted by atomic mass is 19.4. The van der Waals surface area contributed by atoms with E-state index in [4.69, 9.17) is 16.2 Å². The Morgan fingerprint density at radius 1 is 1.19 bits per heavy atom. The minimum Gasteiger partial charge on any atom is -0.439 e. The Labute approximate surface area is 117 Å². The standard InChI is InChI=1S/C13H10F3N3O2/c14-13(15,16)7-1-3-8(4-2-7)21-11-5-9(12(18)20)10(17)6-19-11/h1-6H,17H2,(H2,18,20). The average Bonchev–Trinajstić information content (AvgIpc) is 2.40. The lowest BCUT2D eigenvalue weighted by atomic mass is 10.2. The highest BCUT2D eigenvalue weighted by Crippen LogP contribution is 2.31. The SMILES string of the molecule is NC(=O)c1cc(Oc2ccc(C(F)(F)F)cc2)ncc1N. The Balaban J connectivity index is 2.22. The van der Waals surface area contributed by atoms with Gasteiger partial charge in [-0.05, 0) is 24.3 Å². The maximum absolute atomic E-state index is 12.4. The molecule has 21 heavy (non-hydrogen) atoms. The van der Waals surface area contributed by atoms with Crippen LogP contribution < -0.4 is 16.2 Å². The van der Waals surface area contributed by atoms with Crippen LogP contribution in [0.3, 0.4) is 0 Å². The van der Waals surface area contributed by atoms with Crippen molar-refractivity contribution < 1.29 is 22.7 Å². The summed E-state index contributed by atoms with van der Waals surface area (Å²) in [7, 11) is 0. The number of anilines is 1. The predicted molar refractivity (Wildman–Crippen MR) is 68.7 cm³/mol. The number of rotatable bonds is 3. The molecule has 0 aliphatic rings. The van der Waals surface area contributed by atoms with Gasteiger partial charge in [0.15, 0.2) is 0 Å². The van der Waals surface area contributed by atoms with Crippen LogP contribution in [-0.2, 0) is 6.18 Å². The number of primary amides is 1. The van der Waals surface area contributed by atoms with E-state index in [2.05, 4.69) is 4.98 Å². The van der Waals surface area contributed by atoms with Crippen LogP contribution in [-0.4, -0.2) is 10.9 Å². The first kappa shape index (κ1) is 14.6. The van der Waals surface area contributed by atoms with E-state index < -0.39 is 17.6 Å². The van der Waals surface area contributed by atoms with Gasteiger partial charge in [0, 0.05) is 6.07 Å². The van der Waals surface area contributed by atoms with Crippen LogP contribution in [0.15, 0.2) is 36.5 Å². The number of carbonyl (C=O) groups is 1. The molecule has 1 heterocycles. The van der Waals surface area contributed by atoms with Crippen molar-refractivity contribution in [2.45, 2.75) is 6.18 Å². The molecule has 110 valence electrons. The van der Waals surface area contributed by atoms with Crippen molar-refractivity contribution in [3.63, 3.8) is 0 Å². The smallest absolute Gasteiger partial charge is 0.416 e. The molecule has 0 saturated carbocycles. The van der Waals surface area contributed by atoms with Gasteiger partial charge in [0.2, 0.25) is 5.88 Å². The molecule has 4 N–H and O–H groups in total. The maximum atomic E-state index is 12.4. The summed E-state index contributed by atoms with van der Waals surface area (Å²) in [4.78, 5) is 14.9. The van der Waals surface area contributed by atoms with Gasteiger partial charge in [-0.15, -0.1) is 0 Å². The Morgan fingerprint density at radius 2 is 1.81 bits per heavy atom. The van der Waals surface area contributed by atoms with Crippen LogP contribution in [0.5, 0.6) is 11.6 Å². The summed E-state index contributed by atoms with van der Waals surface area (Å²) >= 11 is 0. The quantitative estimate of drug-likeness (QED) is 0.910. The van der Waals surface area contributed by atoms with Crippen LogP contribution in [0.2, 0.25) is 0 Å². The molecule has 0 spiro atoms. The molecule has 1 amide bonds. The van der Waals surface area contributed by atoms with Gasteiger partial charge >= 0.3 is 6.18 Å². The average molecular weight is 297 g/mol. The number of aromatic nitrogens is 1. The van der Waals surface area contributed by atoms with Crippen molar-refractivity contribution in [3.8, 4) is 11.6 Å². The van der Waals surface area contributed by atoms with Crippen molar-refractivity contribution in [3.05, 3.63) is 47.7 Å². The van der Waals surface area contributed by atoms with Gasteiger partial charge in [0.05, 0.1) is 23.0 Å². The number of nitrogens with zero attached hydrogens (tertiary/aromatic N) is 1. The van der Waals surface area contributed by atoms with Gasteiger partial charge in [-0.25, -0.2) is 4.98 Å². The Kier molecular flexibility index (Phi) is 3.70. The second-order valence-electron chi connectivity index (χ2n) is 4.10. The number of amides is 1. The summed E-state index contributed by atoms with van der Waals surface area (Å²) in [5, 5.41) is 0. The fourth-order valence-electron chi connectivity index (χ4n) is 1.55. The number of hydrogen-bond acceptors (Lipinski definition) is 4. The second kappa shape index (κ2) is 5.31. The van der Waals surface area contributed by atoms with Crippen molar-refractivity contribution in [2.24, 2.45) is 5.73 Å². The summed E-state index contributed by atoms with van der Waals surface area (Å²) in [6.45, 7) is 0. The highest BCUT2D eigenvalue weighted by molar-refractivity contribution is 5.98. The molecule has 0 fully saturated rings. The predicted octanol–water partition coefficient (Wildman–Crippen LogP) is 2.57. The summed E-state index contributed by atoms with van der Waals surface area (Å²) < 4.78 is 42.5. The minimum absolute atomic E-state index is 0.00208. The fourth-order valence-corrected chi connectivity index (χ4v) is 1.55. The molecule has 0 aliphatic heterocycles. The van der Waals surface area contributed by atoms with E-state index >= 15 is 0 Å². The van der Waals surface area contributed by atoms with Gasteiger partial charge in [-0.1, -0.05) is 0 Å². The highest BCUT2D eigenvalue weighted by Gasteiger charge is 2.30. The zero-order valence-electron chi connectivity index (χ0n) is 10.5. The number of benzene rings is 1. The summed E-state index contributed by atoms with van der Waals surface area (Å²) in [6.07, 6.45) is -3.24. The number of halogens is 3. The van der Waals surface area contributed by atoms with E-state index in [1.165, 1.54) is 12.3 Å². The lowest BCUT2D eigenvalue weighted by Crippen LogP contribution is -2.13. The molecule has 2 aromatic rings. The second-order valence-corrected chi connectivity index (χ2v) is 4.10. The number of ether oxygens (including phenoxy) is 1. The van der Waals surface area contributed by atoms with Crippen LogP contribution >= 0.6 is 0 Å². The third-order valence-electron chi connectivity index (χ3n) is 2.58. The molecule has 0 aliphatic carbocycles. The third-order valence-corrected chi connectivity index (χ3v) is 2.58. The molecule has 1 aromatic heterocycles. The van der Waals surface area contributed by atoms with Crippen LogP contribution in [0.1, 0.15) is 15.9 Å². The van der Waals surface area contributed by atoms with E-state index in [9.17, 15) is 18.0 Å². The normalized spacial score (nSPS) is 11.2. The van der Waals surface area contributed by atoms with E-state index in [1.54, 1.807) is 0 Å². The van der Waals surface area contributed by atoms with Gasteiger partial charge < -0.3 is 16.2 Å². The summed E-state index contributed by atoms with van der Waals surface area (Å²) in [6, 6.07) is 5.26. The Hall–Kier alpha value is -2.77. The first-order valence-corrected chi connectivity index (χ1v) is 5.68. The number of hydrogen-bond donors (Lipinski definition) is 2. The number of nitrogens with two attached hydrogens (primary N) is 2. The Bertz CT molecular complexity index is 669. The molecule has 8 heteroatoms. The van der Waals surface area contributed by atoms with E-state index in [-0.39, 0.29) is 22.9 Å². The number of alkyl halides is 3. The van der Waals surface area contributed by atoms with Crippen molar-refractivity contribution in [2.75, 3.05) is 5.73 Å². The van der Waals surface area contributed by atoms with Gasteiger partial charge in [-0.3, -0.25) is 4.79 Å². The summed E-state index contributed by atoms with van der Waals surface area (Å²) in [5.41, 5.74) is 9.94. The van der Waals surface area contributed by atoms with Crippen LogP contribution in [0.4, 0.5) is 18.9 Å². The van der Waals surface area contributed by atoms with E-state index in [0.717, 1.165) is 24.3 Å².